The molecule has 0 radical (unpaired) electrons. The Balaban J connectivity index is 1.22. The maximum Gasteiger partial charge on any atom is 0.410 e. The third-order valence-electron chi connectivity index (χ3n) is 6.88. The molecule has 0 spiro atoms. The van der Waals surface area contributed by atoms with Crippen LogP contribution in [-0.4, -0.2) is 79.3 Å². The number of hydrazine groups is 1. The average Bonchev–Trinajstić information content (AvgIpc) is 3.36. The van der Waals surface area contributed by atoms with Crippen LogP contribution in [0.15, 0.2) is 0 Å². The van der Waals surface area contributed by atoms with Crippen LogP contribution >= 0.6 is 0 Å². The molecule has 1 amide bonds. The lowest BCUT2D eigenvalue weighted by atomic mass is 9.86. The van der Waals surface area contributed by atoms with Crippen molar-refractivity contribution in [1.29, 1.82) is 0 Å². The molecule has 4 saturated heterocycles. The van der Waals surface area contributed by atoms with Gasteiger partial charge in [-0.15, -0.1) is 0 Å². The minimum absolute atomic E-state index is 0.0580. The van der Waals surface area contributed by atoms with E-state index in [-0.39, 0.29) is 18.5 Å². The van der Waals surface area contributed by atoms with E-state index in [1.54, 1.807) is 0 Å². The first-order valence-corrected chi connectivity index (χ1v) is 11.6. The number of amides is 1. The number of hydrogen-bond acceptors (Lipinski definition) is 8. The number of piperidine rings is 2. The van der Waals surface area contributed by atoms with Crippen molar-refractivity contribution in [2.45, 2.75) is 83.0 Å². The number of hydroxylamine groups is 1. The lowest BCUT2D eigenvalue weighted by molar-refractivity contribution is -0.0275. The molecule has 0 bridgehead atoms. The van der Waals surface area contributed by atoms with Gasteiger partial charge in [0.25, 0.3) is 0 Å². The molecule has 172 valence electrons. The zero-order valence-corrected chi connectivity index (χ0v) is 18.9. The molecule has 4 aliphatic heterocycles. The molecule has 0 aromatic carbocycles. The van der Waals surface area contributed by atoms with Crippen molar-refractivity contribution in [2.75, 3.05) is 33.2 Å². The summed E-state index contributed by atoms with van der Waals surface area (Å²) in [6.07, 6.45) is 5.35. The molecule has 5 unspecified atom stereocenters. The fourth-order valence-corrected chi connectivity index (χ4v) is 5.20. The minimum Gasteiger partial charge on any atom is -0.444 e. The molecule has 9 heteroatoms. The second-order valence-electron chi connectivity index (χ2n) is 10.4. The molecule has 4 rings (SSSR count). The van der Waals surface area contributed by atoms with Crippen molar-refractivity contribution >= 4 is 6.09 Å². The quantitative estimate of drug-likeness (QED) is 0.533. The third kappa shape index (κ3) is 5.44. The van der Waals surface area contributed by atoms with Gasteiger partial charge in [-0.25, -0.2) is 9.80 Å². The van der Waals surface area contributed by atoms with Gasteiger partial charge in [0.2, 0.25) is 0 Å². The molecule has 9 nitrogen and oxygen atoms in total. The van der Waals surface area contributed by atoms with E-state index in [2.05, 4.69) is 33.6 Å². The molecule has 0 aromatic rings. The number of nitrogens with one attached hydrogen (secondary N) is 4. The van der Waals surface area contributed by atoms with Gasteiger partial charge in [-0.3, -0.25) is 15.6 Å². The number of nitrogens with zero attached hydrogens (tertiary/aromatic N) is 2. The topological polar surface area (TPSA) is 90.1 Å². The van der Waals surface area contributed by atoms with Gasteiger partial charge in [0.15, 0.2) is 0 Å². The van der Waals surface area contributed by atoms with Gasteiger partial charge in [0.1, 0.15) is 11.8 Å². The zero-order valence-electron chi connectivity index (χ0n) is 18.9. The Hall–Kier alpha value is -0.970. The molecule has 5 atom stereocenters. The number of hydrogen-bond donors (Lipinski definition) is 4. The summed E-state index contributed by atoms with van der Waals surface area (Å²) in [5.41, 5.74) is 6.39. The molecule has 4 fully saturated rings. The summed E-state index contributed by atoms with van der Waals surface area (Å²) in [6, 6.07) is 1.01. The van der Waals surface area contributed by atoms with Crippen LogP contribution in [0.1, 0.15) is 52.9 Å². The Morgan fingerprint density at radius 2 is 1.80 bits per heavy atom. The van der Waals surface area contributed by atoms with Gasteiger partial charge in [0.05, 0.1) is 6.17 Å². The van der Waals surface area contributed by atoms with Gasteiger partial charge in [-0.1, -0.05) is 0 Å². The van der Waals surface area contributed by atoms with Gasteiger partial charge in [0, 0.05) is 44.7 Å². The lowest BCUT2D eigenvalue weighted by Crippen LogP contribution is -2.54. The summed E-state index contributed by atoms with van der Waals surface area (Å²) in [4.78, 5) is 20.1. The van der Waals surface area contributed by atoms with Crippen LogP contribution in [0, 0.1) is 11.8 Å². The van der Waals surface area contributed by atoms with E-state index < -0.39 is 5.60 Å². The van der Waals surface area contributed by atoms with Gasteiger partial charge >= 0.3 is 6.09 Å². The molecule has 0 aliphatic carbocycles. The molecule has 30 heavy (non-hydrogen) atoms. The normalized spacial score (nSPS) is 36.9. The summed E-state index contributed by atoms with van der Waals surface area (Å²) >= 11 is 0. The zero-order chi connectivity index (χ0) is 21.3. The highest BCUT2D eigenvalue weighted by Crippen LogP contribution is 2.29. The lowest BCUT2D eigenvalue weighted by Gasteiger charge is -2.37. The maximum atomic E-state index is 12.3. The van der Waals surface area contributed by atoms with Crippen molar-refractivity contribution in [3.8, 4) is 0 Å². The highest BCUT2D eigenvalue weighted by Gasteiger charge is 2.40. The van der Waals surface area contributed by atoms with Crippen LogP contribution < -0.4 is 21.5 Å². The van der Waals surface area contributed by atoms with Crippen LogP contribution in [0.3, 0.4) is 0 Å². The number of rotatable bonds is 3. The first kappa shape index (κ1) is 22.2. The maximum absolute atomic E-state index is 12.3. The molecule has 0 saturated carbocycles. The SMILES string of the molecule is CN1CCC(C2CC(C3NC(C4CCN(C(=O)OC(C)(C)C)CC4)NO3)CCN2)N1. The fraction of sp³-hybridized carbons (Fsp3) is 0.952. The van der Waals surface area contributed by atoms with Crippen LogP contribution in [0.25, 0.3) is 0 Å². The standard InChI is InChI=1S/C21H40N6O3/c1-21(2,3)29-20(28)27-11-6-14(7-12-27)18-23-19(30-25-18)15-5-9-22-17(13-15)16-8-10-26(4)24-16/h14-19,22-25H,5-13H2,1-4H3. The van der Waals surface area contributed by atoms with Crippen LogP contribution in [0.2, 0.25) is 0 Å². The number of ether oxygens (including phenoxy) is 1. The first-order valence-electron chi connectivity index (χ1n) is 11.6. The van der Waals surface area contributed by atoms with Crippen LogP contribution in [0.5, 0.6) is 0 Å². The minimum atomic E-state index is -0.445. The molecular formula is C21H40N6O3. The van der Waals surface area contributed by atoms with Crippen LogP contribution in [-0.2, 0) is 9.57 Å². The third-order valence-corrected chi connectivity index (χ3v) is 6.88. The van der Waals surface area contributed by atoms with Crippen molar-refractivity contribution in [3.05, 3.63) is 0 Å². The second kappa shape index (κ2) is 9.26. The number of likely N-dealkylation sites (tertiary alicyclic amines) is 1. The smallest absolute Gasteiger partial charge is 0.410 e. The Bertz CT molecular complexity index is 592. The van der Waals surface area contributed by atoms with Crippen molar-refractivity contribution in [1.82, 2.24) is 31.4 Å². The van der Waals surface area contributed by atoms with Crippen molar-refractivity contribution in [3.63, 3.8) is 0 Å². The van der Waals surface area contributed by atoms with Gasteiger partial charge < -0.3 is 15.0 Å². The van der Waals surface area contributed by atoms with E-state index in [1.165, 1.54) is 6.42 Å². The molecule has 0 aromatic heterocycles. The Morgan fingerprint density at radius 3 is 2.47 bits per heavy atom. The molecule has 4 heterocycles. The molecule has 4 aliphatic rings. The summed E-state index contributed by atoms with van der Waals surface area (Å²) < 4.78 is 5.51. The Labute approximate surface area is 180 Å². The Kier molecular flexibility index (Phi) is 6.86. The summed E-state index contributed by atoms with van der Waals surface area (Å²) in [7, 11) is 2.12. The predicted molar refractivity (Wildman–Crippen MR) is 114 cm³/mol. The highest BCUT2D eigenvalue weighted by atomic mass is 16.7. The van der Waals surface area contributed by atoms with E-state index >= 15 is 0 Å². The van der Waals surface area contributed by atoms with E-state index in [9.17, 15) is 4.79 Å². The fourth-order valence-electron chi connectivity index (χ4n) is 5.20. The highest BCUT2D eigenvalue weighted by molar-refractivity contribution is 5.68. The average molecular weight is 425 g/mol. The summed E-state index contributed by atoms with van der Waals surface area (Å²) in [6.45, 7) is 9.35. The first-order chi connectivity index (χ1) is 14.3. The summed E-state index contributed by atoms with van der Waals surface area (Å²) in [5, 5.41) is 9.60. The molecular weight excluding hydrogens is 384 g/mol. The Morgan fingerprint density at radius 1 is 1.03 bits per heavy atom. The second-order valence-corrected chi connectivity index (χ2v) is 10.4. The summed E-state index contributed by atoms with van der Waals surface area (Å²) in [5.74, 6) is 0.958. The largest absolute Gasteiger partial charge is 0.444 e. The molecule has 4 N–H and O–H groups in total. The van der Waals surface area contributed by atoms with E-state index in [4.69, 9.17) is 9.57 Å². The van der Waals surface area contributed by atoms with Crippen molar-refractivity contribution in [2.24, 2.45) is 11.8 Å². The predicted octanol–water partition coefficient (Wildman–Crippen LogP) is 0.987. The van der Waals surface area contributed by atoms with E-state index in [1.807, 2.05) is 25.7 Å². The monoisotopic (exact) mass is 424 g/mol. The van der Waals surface area contributed by atoms with Gasteiger partial charge in [-0.05, 0) is 65.3 Å². The van der Waals surface area contributed by atoms with E-state index in [0.29, 0.717) is 23.9 Å². The number of carbonyl (C=O) groups is 1. The van der Waals surface area contributed by atoms with E-state index in [0.717, 1.165) is 51.9 Å². The van der Waals surface area contributed by atoms with Crippen molar-refractivity contribution < 1.29 is 14.4 Å². The number of carbonyl (C=O) groups excluding carboxylic acids is 1. The van der Waals surface area contributed by atoms with Gasteiger partial charge in [-0.2, -0.15) is 5.48 Å². The van der Waals surface area contributed by atoms with Crippen LogP contribution in [0.4, 0.5) is 4.79 Å².